The lowest BCUT2D eigenvalue weighted by Crippen LogP contribution is -2.26. The fourth-order valence-corrected chi connectivity index (χ4v) is 2.17. The largest absolute Gasteiger partial charge is 0.349 e. The fraction of sp³-hybridized carbons (Fsp3) is 0.200. The van der Waals surface area contributed by atoms with Crippen LogP contribution < -0.4 is 5.32 Å². The Morgan fingerprint density at radius 1 is 1.21 bits per heavy atom. The van der Waals surface area contributed by atoms with Crippen LogP contribution in [0.3, 0.4) is 0 Å². The van der Waals surface area contributed by atoms with Crippen molar-refractivity contribution in [2.75, 3.05) is 0 Å². The first-order chi connectivity index (χ1) is 9.25. The Morgan fingerprint density at radius 2 is 2.00 bits per heavy atom. The SMILES string of the molecule is O=C(NC1CC1)c1cccnc1-c1ccccc1Cl. The van der Waals surface area contributed by atoms with Gasteiger partial charge in [-0.2, -0.15) is 0 Å². The number of rotatable bonds is 3. The minimum atomic E-state index is -0.0782. The maximum Gasteiger partial charge on any atom is 0.253 e. The zero-order valence-corrected chi connectivity index (χ0v) is 11.0. The molecular weight excluding hydrogens is 260 g/mol. The van der Waals surface area contributed by atoms with E-state index in [-0.39, 0.29) is 5.91 Å². The van der Waals surface area contributed by atoms with Gasteiger partial charge in [-0.3, -0.25) is 9.78 Å². The van der Waals surface area contributed by atoms with Crippen molar-refractivity contribution in [1.29, 1.82) is 0 Å². The van der Waals surface area contributed by atoms with Gasteiger partial charge in [0.15, 0.2) is 0 Å². The van der Waals surface area contributed by atoms with Gasteiger partial charge in [0, 0.05) is 22.8 Å². The number of halogens is 1. The normalized spacial score (nSPS) is 14.2. The van der Waals surface area contributed by atoms with Gasteiger partial charge in [-0.25, -0.2) is 0 Å². The van der Waals surface area contributed by atoms with Crippen LogP contribution >= 0.6 is 11.6 Å². The van der Waals surface area contributed by atoms with Crippen molar-refractivity contribution in [3.63, 3.8) is 0 Å². The van der Waals surface area contributed by atoms with Crippen LogP contribution in [0.5, 0.6) is 0 Å². The number of amides is 1. The first-order valence-corrected chi connectivity index (χ1v) is 6.64. The van der Waals surface area contributed by atoms with E-state index in [2.05, 4.69) is 10.3 Å². The van der Waals surface area contributed by atoms with Gasteiger partial charge in [0.05, 0.1) is 11.3 Å². The number of carbonyl (C=O) groups is 1. The van der Waals surface area contributed by atoms with Gasteiger partial charge < -0.3 is 5.32 Å². The predicted octanol–water partition coefficient (Wildman–Crippen LogP) is 3.29. The third-order valence-electron chi connectivity index (χ3n) is 3.09. The summed E-state index contributed by atoms with van der Waals surface area (Å²) in [6.45, 7) is 0. The van der Waals surface area contributed by atoms with Gasteiger partial charge in [-0.1, -0.05) is 29.8 Å². The number of aromatic nitrogens is 1. The summed E-state index contributed by atoms with van der Waals surface area (Å²) in [4.78, 5) is 16.5. The zero-order valence-electron chi connectivity index (χ0n) is 10.3. The van der Waals surface area contributed by atoms with Gasteiger partial charge in [0.1, 0.15) is 0 Å². The van der Waals surface area contributed by atoms with Gasteiger partial charge in [0.2, 0.25) is 0 Å². The van der Waals surface area contributed by atoms with E-state index >= 15 is 0 Å². The summed E-state index contributed by atoms with van der Waals surface area (Å²) < 4.78 is 0. The average Bonchev–Trinajstić information content (AvgIpc) is 3.23. The topological polar surface area (TPSA) is 42.0 Å². The molecule has 1 aromatic heterocycles. The van der Waals surface area contributed by atoms with Crippen molar-refractivity contribution in [2.45, 2.75) is 18.9 Å². The van der Waals surface area contributed by atoms with Crippen LogP contribution in [-0.2, 0) is 0 Å². The smallest absolute Gasteiger partial charge is 0.253 e. The van der Waals surface area contributed by atoms with Crippen molar-refractivity contribution in [2.24, 2.45) is 0 Å². The third-order valence-corrected chi connectivity index (χ3v) is 3.42. The van der Waals surface area contributed by atoms with E-state index in [1.54, 1.807) is 24.4 Å². The molecule has 3 nitrogen and oxygen atoms in total. The second-order valence-corrected chi connectivity index (χ2v) is 5.03. The zero-order chi connectivity index (χ0) is 13.2. The molecule has 1 aromatic carbocycles. The van der Waals surface area contributed by atoms with Crippen LogP contribution in [0.2, 0.25) is 5.02 Å². The molecule has 2 aromatic rings. The Bertz CT molecular complexity index is 623. The highest BCUT2D eigenvalue weighted by Gasteiger charge is 2.25. The van der Waals surface area contributed by atoms with Crippen LogP contribution in [0.4, 0.5) is 0 Å². The molecule has 0 unspecified atom stereocenters. The van der Waals surface area contributed by atoms with Gasteiger partial charge in [-0.05, 0) is 31.0 Å². The lowest BCUT2D eigenvalue weighted by atomic mass is 10.1. The molecule has 0 bridgehead atoms. The number of hydrogen-bond donors (Lipinski definition) is 1. The van der Waals surface area contributed by atoms with E-state index in [1.807, 2.05) is 18.2 Å². The highest BCUT2D eigenvalue weighted by molar-refractivity contribution is 6.33. The highest BCUT2D eigenvalue weighted by Crippen LogP contribution is 2.29. The van der Waals surface area contributed by atoms with Crippen LogP contribution in [-0.4, -0.2) is 16.9 Å². The van der Waals surface area contributed by atoms with E-state index < -0.39 is 0 Å². The molecule has 1 fully saturated rings. The maximum atomic E-state index is 12.2. The Labute approximate surface area is 116 Å². The maximum absolute atomic E-state index is 12.2. The van der Waals surface area contributed by atoms with Crippen LogP contribution in [0.25, 0.3) is 11.3 Å². The minimum absolute atomic E-state index is 0.0782. The number of benzene rings is 1. The van der Waals surface area contributed by atoms with Crippen molar-refractivity contribution >= 4 is 17.5 Å². The number of nitrogens with zero attached hydrogens (tertiary/aromatic N) is 1. The van der Waals surface area contributed by atoms with Crippen molar-refractivity contribution in [1.82, 2.24) is 10.3 Å². The van der Waals surface area contributed by atoms with Crippen LogP contribution in [0.15, 0.2) is 42.6 Å². The molecule has 0 saturated heterocycles. The molecular formula is C15H13ClN2O. The first kappa shape index (κ1) is 12.2. The number of nitrogens with one attached hydrogen (secondary N) is 1. The minimum Gasteiger partial charge on any atom is -0.349 e. The van der Waals surface area contributed by atoms with E-state index in [4.69, 9.17) is 11.6 Å². The van der Waals surface area contributed by atoms with Crippen molar-refractivity contribution in [3.8, 4) is 11.3 Å². The molecule has 1 amide bonds. The summed E-state index contributed by atoms with van der Waals surface area (Å²) in [5, 5.41) is 3.58. The fourth-order valence-electron chi connectivity index (χ4n) is 1.95. The molecule has 96 valence electrons. The first-order valence-electron chi connectivity index (χ1n) is 6.26. The molecule has 1 aliphatic carbocycles. The summed E-state index contributed by atoms with van der Waals surface area (Å²) in [5.41, 5.74) is 1.99. The number of carbonyl (C=O) groups excluding carboxylic acids is 1. The quantitative estimate of drug-likeness (QED) is 0.932. The Hall–Kier alpha value is -1.87. The summed E-state index contributed by atoms with van der Waals surface area (Å²) in [7, 11) is 0. The monoisotopic (exact) mass is 272 g/mol. The molecule has 19 heavy (non-hydrogen) atoms. The summed E-state index contributed by atoms with van der Waals surface area (Å²) >= 11 is 6.18. The van der Waals surface area contributed by atoms with E-state index in [1.165, 1.54) is 0 Å². The van der Waals surface area contributed by atoms with E-state index in [0.717, 1.165) is 18.4 Å². The highest BCUT2D eigenvalue weighted by atomic mass is 35.5. The van der Waals surface area contributed by atoms with E-state index in [0.29, 0.717) is 22.3 Å². The molecule has 0 radical (unpaired) electrons. The molecule has 4 heteroatoms. The molecule has 1 N–H and O–H groups in total. The van der Waals surface area contributed by atoms with Crippen LogP contribution in [0, 0.1) is 0 Å². The summed E-state index contributed by atoms with van der Waals surface area (Å²) in [5.74, 6) is -0.0782. The molecule has 0 atom stereocenters. The molecule has 3 rings (SSSR count). The van der Waals surface area contributed by atoms with Crippen molar-refractivity contribution < 1.29 is 4.79 Å². The second-order valence-electron chi connectivity index (χ2n) is 4.63. The molecule has 0 spiro atoms. The summed E-state index contributed by atoms with van der Waals surface area (Å²) in [6.07, 6.45) is 3.80. The van der Waals surface area contributed by atoms with Crippen LogP contribution in [0.1, 0.15) is 23.2 Å². The van der Waals surface area contributed by atoms with Gasteiger partial charge >= 0.3 is 0 Å². The molecule has 1 aliphatic rings. The second kappa shape index (κ2) is 5.02. The Morgan fingerprint density at radius 3 is 2.74 bits per heavy atom. The lowest BCUT2D eigenvalue weighted by molar-refractivity contribution is 0.0951. The Balaban J connectivity index is 2.01. The standard InChI is InChI=1S/C15H13ClN2O/c16-13-6-2-1-4-11(13)14-12(5-3-9-17-14)15(19)18-10-7-8-10/h1-6,9-10H,7-8H2,(H,18,19). The predicted molar refractivity (Wildman–Crippen MR) is 75.2 cm³/mol. The number of hydrogen-bond acceptors (Lipinski definition) is 2. The molecule has 1 heterocycles. The summed E-state index contributed by atoms with van der Waals surface area (Å²) in [6, 6.07) is 11.3. The van der Waals surface area contributed by atoms with Crippen molar-refractivity contribution in [3.05, 3.63) is 53.2 Å². The Kier molecular flexibility index (Phi) is 3.22. The molecule has 0 aliphatic heterocycles. The van der Waals surface area contributed by atoms with Gasteiger partial charge in [0.25, 0.3) is 5.91 Å². The average molecular weight is 273 g/mol. The number of pyridine rings is 1. The third kappa shape index (κ3) is 2.61. The lowest BCUT2D eigenvalue weighted by Gasteiger charge is -2.10. The van der Waals surface area contributed by atoms with E-state index in [9.17, 15) is 4.79 Å². The molecule has 1 saturated carbocycles. The van der Waals surface area contributed by atoms with Gasteiger partial charge in [-0.15, -0.1) is 0 Å².